The van der Waals surface area contributed by atoms with Gasteiger partial charge >= 0.3 is 0 Å². The fraction of sp³-hybridized carbons (Fsp3) is 0.652. The molecule has 2 aliphatic rings. The third-order valence-corrected chi connectivity index (χ3v) is 5.90. The predicted octanol–water partition coefficient (Wildman–Crippen LogP) is 2.40. The van der Waals surface area contributed by atoms with Crippen molar-refractivity contribution in [1.82, 2.24) is 20.4 Å². The second-order valence-electron chi connectivity index (χ2n) is 8.02. The Kier molecular flexibility index (Phi) is 8.81. The lowest BCUT2D eigenvalue weighted by Crippen LogP contribution is -2.39. The van der Waals surface area contributed by atoms with Crippen molar-refractivity contribution < 1.29 is 9.53 Å². The van der Waals surface area contributed by atoms with Crippen molar-refractivity contribution in [3.8, 4) is 5.75 Å². The maximum Gasteiger partial charge on any atom is 0.222 e. The number of carbonyl (C=O) groups excluding carboxylic acids is 1. The molecule has 1 aromatic rings. The van der Waals surface area contributed by atoms with E-state index in [0.29, 0.717) is 18.9 Å². The van der Waals surface area contributed by atoms with Gasteiger partial charge in [-0.05, 0) is 63.4 Å². The Morgan fingerprint density at radius 2 is 2.03 bits per heavy atom. The average Bonchev–Trinajstić information content (AvgIpc) is 3.43. The molecule has 0 aromatic heterocycles. The van der Waals surface area contributed by atoms with Crippen LogP contribution in [0.1, 0.15) is 50.6 Å². The van der Waals surface area contributed by atoms with Crippen LogP contribution >= 0.6 is 0 Å². The van der Waals surface area contributed by atoms with Gasteiger partial charge in [-0.2, -0.15) is 0 Å². The first-order valence-corrected chi connectivity index (χ1v) is 11.4. The van der Waals surface area contributed by atoms with Gasteiger partial charge in [0.2, 0.25) is 5.91 Å². The lowest BCUT2D eigenvalue weighted by Gasteiger charge is -2.27. The van der Waals surface area contributed by atoms with Crippen LogP contribution in [0.5, 0.6) is 5.75 Å². The van der Waals surface area contributed by atoms with Gasteiger partial charge in [-0.15, -0.1) is 0 Å². The molecule has 166 valence electrons. The van der Waals surface area contributed by atoms with Gasteiger partial charge in [0.1, 0.15) is 5.75 Å². The van der Waals surface area contributed by atoms with Gasteiger partial charge in [0.05, 0.1) is 19.7 Å². The zero-order valence-corrected chi connectivity index (χ0v) is 18.5. The first-order chi connectivity index (χ1) is 14.7. The summed E-state index contributed by atoms with van der Waals surface area (Å²) in [7, 11) is 1.71. The summed E-state index contributed by atoms with van der Waals surface area (Å²) in [6, 6.07) is 8.61. The number of carbonyl (C=O) groups is 1. The van der Waals surface area contributed by atoms with Crippen molar-refractivity contribution in [2.45, 2.75) is 45.1 Å². The number of hydrogen-bond donors (Lipinski definition) is 2. The second kappa shape index (κ2) is 11.8. The Morgan fingerprint density at radius 1 is 1.20 bits per heavy atom. The molecule has 0 bridgehead atoms. The third kappa shape index (κ3) is 6.36. The molecule has 0 aliphatic carbocycles. The van der Waals surface area contributed by atoms with Crippen LogP contribution in [-0.4, -0.2) is 74.6 Å². The lowest BCUT2D eigenvalue weighted by atomic mass is 10.1. The predicted molar refractivity (Wildman–Crippen MR) is 121 cm³/mol. The van der Waals surface area contributed by atoms with Gasteiger partial charge in [-0.1, -0.05) is 12.1 Å². The van der Waals surface area contributed by atoms with Crippen molar-refractivity contribution in [1.29, 1.82) is 0 Å². The van der Waals surface area contributed by atoms with Crippen LogP contribution in [0.3, 0.4) is 0 Å². The number of ether oxygens (including phenoxy) is 1. The second-order valence-corrected chi connectivity index (χ2v) is 8.02. The number of guanidine groups is 1. The molecule has 2 saturated heterocycles. The van der Waals surface area contributed by atoms with Crippen LogP contribution in [0, 0.1) is 0 Å². The summed E-state index contributed by atoms with van der Waals surface area (Å²) < 4.78 is 5.44. The minimum absolute atomic E-state index is 0.250. The van der Waals surface area contributed by atoms with Crippen LogP contribution in [-0.2, 0) is 4.79 Å². The van der Waals surface area contributed by atoms with E-state index in [1.54, 1.807) is 7.11 Å². The first kappa shape index (κ1) is 22.4. The summed E-state index contributed by atoms with van der Waals surface area (Å²) in [5, 5.41) is 6.79. The topological polar surface area (TPSA) is 69.2 Å². The Bertz CT molecular complexity index is 703. The Morgan fingerprint density at radius 3 is 2.73 bits per heavy atom. The van der Waals surface area contributed by atoms with Gasteiger partial charge in [0.15, 0.2) is 5.96 Å². The number of hydrogen-bond acceptors (Lipinski definition) is 4. The molecule has 7 nitrogen and oxygen atoms in total. The van der Waals surface area contributed by atoms with E-state index < -0.39 is 0 Å². The molecule has 2 heterocycles. The summed E-state index contributed by atoms with van der Waals surface area (Å²) in [5.74, 6) is 2.03. The van der Waals surface area contributed by atoms with E-state index in [-0.39, 0.29) is 6.04 Å². The zero-order chi connectivity index (χ0) is 21.2. The highest BCUT2D eigenvalue weighted by Crippen LogP contribution is 2.27. The van der Waals surface area contributed by atoms with E-state index in [4.69, 9.17) is 9.73 Å². The molecule has 1 amide bonds. The molecule has 0 radical (unpaired) electrons. The van der Waals surface area contributed by atoms with Crippen LogP contribution in [0.4, 0.5) is 0 Å². The normalized spacial score (nSPS) is 18.7. The van der Waals surface area contributed by atoms with Crippen LogP contribution < -0.4 is 15.4 Å². The molecule has 2 fully saturated rings. The van der Waals surface area contributed by atoms with Gasteiger partial charge in [0, 0.05) is 32.6 Å². The number of methoxy groups -OCH3 is 1. The zero-order valence-electron chi connectivity index (χ0n) is 18.5. The number of benzene rings is 1. The molecule has 1 aromatic carbocycles. The first-order valence-electron chi connectivity index (χ1n) is 11.4. The molecule has 1 atom stereocenters. The quantitative estimate of drug-likeness (QED) is 0.349. The summed E-state index contributed by atoms with van der Waals surface area (Å²) >= 11 is 0. The Balaban J connectivity index is 1.59. The van der Waals surface area contributed by atoms with Gasteiger partial charge < -0.3 is 20.3 Å². The number of nitrogens with one attached hydrogen (secondary N) is 2. The van der Waals surface area contributed by atoms with Crippen LogP contribution in [0.2, 0.25) is 0 Å². The summed E-state index contributed by atoms with van der Waals surface area (Å²) in [6.07, 6.45) is 5.13. The number of amides is 1. The van der Waals surface area contributed by atoms with Crippen LogP contribution in [0.15, 0.2) is 29.3 Å². The fourth-order valence-corrected chi connectivity index (χ4v) is 4.27. The summed E-state index contributed by atoms with van der Waals surface area (Å²) in [4.78, 5) is 21.1. The standard InChI is InChI=1S/C23H37N5O2/c1-3-24-23(25-12-8-16-28-15-7-11-22(28)29)26-18-21(27-13-4-5-14-27)19-9-6-10-20(17-19)30-2/h6,9-10,17,21H,3-5,7-8,11-16,18H2,1-2H3,(H2,24,25,26). The minimum atomic E-state index is 0.250. The summed E-state index contributed by atoms with van der Waals surface area (Å²) in [5.41, 5.74) is 1.25. The van der Waals surface area contributed by atoms with E-state index in [9.17, 15) is 4.79 Å². The molecule has 2 aliphatic heterocycles. The van der Waals surface area contributed by atoms with Crippen LogP contribution in [0.25, 0.3) is 0 Å². The van der Waals surface area contributed by atoms with Crippen molar-refractivity contribution >= 4 is 11.9 Å². The highest BCUT2D eigenvalue weighted by molar-refractivity contribution is 5.80. The smallest absolute Gasteiger partial charge is 0.222 e. The van der Waals surface area contributed by atoms with E-state index in [2.05, 4.69) is 40.7 Å². The third-order valence-electron chi connectivity index (χ3n) is 5.90. The van der Waals surface area contributed by atoms with E-state index >= 15 is 0 Å². The molecule has 30 heavy (non-hydrogen) atoms. The van der Waals surface area contributed by atoms with Crippen molar-refractivity contribution in [2.75, 3.05) is 52.9 Å². The fourth-order valence-electron chi connectivity index (χ4n) is 4.27. The van der Waals surface area contributed by atoms with E-state index in [0.717, 1.165) is 63.8 Å². The molecule has 2 N–H and O–H groups in total. The highest BCUT2D eigenvalue weighted by Gasteiger charge is 2.24. The Labute approximate surface area is 180 Å². The molecular formula is C23H37N5O2. The molecule has 7 heteroatoms. The summed E-state index contributed by atoms with van der Waals surface area (Å²) in [6.45, 7) is 8.38. The SMILES string of the molecule is CCNC(=NCC(c1cccc(OC)c1)N1CCCC1)NCCCN1CCCC1=O. The van der Waals surface area contributed by atoms with E-state index in [1.165, 1.54) is 18.4 Å². The average molecular weight is 416 g/mol. The minimum Gasteiger partial charge on any atom is -0.497 e. The molecule has 1 unspecified atom stereocenters. The van der Waals surface area contributed by atoms with Gasteiger partial charge in [-0.3, -0.25) is 14.7 Å². The molecule has 0 saturated carbocycles. The molecule has 3 rings (SSSR count). The van der Waals surface area contributed by atoms with Crippen molar-refractivity contribution in [3.63, 3.8) is 0 Å². The Hall–Kier alpha value is -2.28. The number of rotatable bonds is 10. The number of aliphatic imine (C=N–C) groups is 1. The molecule has 0 spiro atoms. The number of likely N-dealkylation sites (tertiary alicyclic amines) is 2. The maximum absolute atomic E-state index is 11.7. The monoisotopic (exact) mass is 415 g/mol. The maximum atomic E-state index is 11.7. The lowest BCUT2D eigenvalue weighted by molar-refractivity contribution is -0.127. The van der Waals surface area contributed by atoms with Gasteiger partial charge in [0.25, 0.3) is 0 Å². The van der Waals surface area contributed by atoms with E-state index in [1.807, 2.05) is 11.0 Å². The largest absolute Gasteiger partial charge is 0.497 e. The highest BCUT2D eigenvalue weighted by atomic mass is 16.5. The molecular weight excluding hydrogens is 378 g/mol. The van der Waals surface area contributed by atoms with Crippen molar-refractivity contribution in [2.24, 2.45) is 4.99 Å². The van der Waals surface area contributed by atoms with Crippen molar-refractivity contribution in [3.05, 3.63) is 29.8 Å². The van der Waals surface area contributed by atoms with Gasteiger partial charge in [-0.25, -0.2) is 0 Å². The number of nitrogens with zero attached hydrogens (tertiary/aromatic N) is 3.